The van der Waals surface area contributed by atoms with Gasteiger partial charge in [-0.05, 0) is 69.6 Å². The first-order valence-electron chi connectivity index (χ1n) is 4.46. The van der Waals surface area contributed by atoms with Crippen molar-refractivity contribution in [2.24, 2.45) is 16.6 Å². The average Bonchev–Trinajstić information content (AvgIpc) is 2.94. The Bertz CT molecular complexity index is 386. The van der Waals surface area contributed by atoms with E-state index >= 15 is 0 Å². The molecule has 0 aliphatic heterocycles. The predicted molar refractivity (Wildman–Crippen MR) is 70.9 cm³/mol. The molecule has 0 amide bonds. The molecule has 1 aromatic rings. The number of hydrogen-bond donors (Lipinski definition) is 1. The molecule has 1 aliphatic carbocycles. The summed E-state index contributed by atoms with van der Waals surface area (Å²) in [6, 6.07) is 6.00. The van der Waals surface area contributed by atoms with Crippen LogP contribution in [-0.4, -0.2) is 5.84 Å². The highest BCUT2D eigenvalue weighted by Crippen LogP contribution is 2.31. The Labute approximate surface area is 105 Å². The van der Waals surface area contributed by atoms with Gasteiger partial charge in [0.05, 0.1) is 5.69 Å². The highest BCUT2D eigenvalue weighted by molar-refractivity contribution is 14.1. The van der Waals surface area contributed by atoms with Crippen LogP contribution in [0.3, 0.4) is 0 Å². The lowest BCUT2D eigenvalue weighted by atomic mass is 10.3. The van der Waals surface area contributed by atoms with Crippen molar-refractivity contribution in [3.63, 3.8) is 0 Å². The van der Waals surface area contributed by atoms with E-state index in [2.05, 4.69) is 43.5 Å². The van der Waals surface area contributed by atoms with Crippen molar-refractivity contribution in [3.05, 3.63) is 26.2 Å². The van der Waals surface area contributed by atoms with Crippen molar-refractivity contribution in [2.45, 2.75) is 12.8 Å². The van der Waals surface area contributed by atoms with Gasteiger partial charge in [0, 0.05) is 14.0 Å². The van der Waals surface area contributed by atoms with E-state index in [0.29, 0.717) is 5.92 Å². The maximum absolute atomic E-state index is 5.83. The van der Waals surface area contributed by atoms with Gasteiger partial charge in [0.1, 0.15) is 5.84 Å². The fraction of sp³-hybridized carbons (Fsp3) is 0.300. The molecule has 14 heavy (non-hydrogen) atoms. The quantitative estimate of drug-likeness (QED) is 0.487. The van der Waals surface area contributed by atoms with Crippen molar-refractivity contribution >= 4 is 50.0 Å². The molecule has 0 saturated heterocycles. The Morgan fingerprint density at radius 2 is 2.21 bits per heavy atom. The standard InChI is InChI=1S/C10H10BrIN2/c11-8-4-3-7(5-9(8)12)14-10(13)6-1-2-6/h3-6H,1-2H2,(H2,13,14). The van der Waals surface area contributed by atoms with Crippen molar-refractivity contribution < 1.29 is 0 Å². The van der Waals surface area contributed by atoms with Gasteiger partial charge in [-0.2, -0.15) is 0 Å². The Morgan fingerprint density at radius 1 is 1.50 bits per heavy atom. The molecule has 0 bridgehead atoms. The highest BCUT2D eigenvalue weighted by atomic mass is 127. The summed E-state index contributed by atoms with van der Waals surface area (Å²) in [6.45, 7) is 0. The minimum absolute atomic E-state index is 0.538. The summed E-state index contributed by atoms with van der Waals surface area (Å²) in [7, 11) is 0. The molecule has 0 unspecified atom stereocenters. The van der Waals surface area contributed by atoms with E-state index in [-0.39, 0.29) is 0 Å². The molecule has 74 valence electrons. The average molecular weight is 365 g/mol. The Hall–Kier alpha value is -0.100. The van der Waals surface area contributed by atoms with Crippen LogP contribution in [0.5, 0.6) is 0 Å². The van der Waals surface area contributed by atoms with Crippen LogP contribution in [0, 0.1) is 9.49 Å². The van der Waals surface area contributed by atoms with Gasteiger partial charge in [0.2, 0.25) is 0 Å². The monoisotopic (exact) mass is 364 g/mol. The third kappa shape index (κ3) is 2.48. The van der Waals surface area contributed by atoms with Gasteiger partial charge in [-0.15, -0.1) is 0 Å². The first kappa shape index (κ1) is 10.4. The molecule has 1 saturated carbocycles. The highest BCUT2D eigenvalue weighted by Gasteiger charge is 2.25. The number of amidine groups is 1. The zero-order valence-corrected chi connectivity index (χ0v) is 11.2. The van der Waals surface area contributed by atoms with Crippen LogP contribution in [0.2, 0.25) is 0 Å². The first-order chi connectivity index (χ1) is 6.66. The van der Waals surface area contributed by atoms with Crippen LogP contribution in [0.1, 0.15) is 12.8 Å². The van der Waals surface area contributed by atoms with E-state index in [9.17, 15) is 0 Å². The number of rotatable bonds is 2. The summed E-state index contributed by atoms with van der Waals surface area (Å²) in [6.07, 6.45) is 2.39. The Morgan fingerprint density at radius 3 is 2.79 bits per heavy atom. The zero-order valence-electron chi connectivity index (χ0n) is 7.50. The summed E-state index contributed by atoms with van der Waals surface area (Å²) in [5, 5.41) is 0. The van der Waals surface area contributed by atoms with Crippen LogP contribution < -0.4 is 5.73 Å². The van der Waals surface area contributed by atoms with Crippen molar-refractivity contribution in [3.8, 4) is 0 Å². The van der Waals surface area contributed by atoms with E-state index in [1.54, 1.807) is 0 Å². The van der Waals surface area contributed by atoms with Gasteiger partial charge >= 0.3 is 0 Å². The second kappa shape index (κ2) is 4.18. The predicted octanol–water partition coefficient (Wildman–Crippen LogP) is 3.45. The molecule has 1 aromatic carbocycles. The fourth-order valence-electron chi connectivity index (χ4n) is 1.17. The largest absolute Gasteiger partial charge is 0.387 e. The van der Waals surface area contributed by atoms with Crippen molar-refractivity contribution in [2.75, 3.05) is 0 Å². The van der Waals surface area contributed by atoms with E-state index < -0.39 is 0 Å². The van der Waals surface area contributed by atoms with Crippen LogP contribution >= 0.6 is 38.5 Å². The zero-order chi connectivity index (χ0) is 10.1. The van der Waals surface area contributed by atoms with Crippen LogP contribution in [0.15, 0.2) is 27.7 Å². The first-order valence-corrected chi connectivity index (χ1v) is 6.33. The minimum atomic E-state index is 0.538. The second-order valence-corrected chi connectivity index (χ2v) is 5.43. The molecular formula is C10H10BrIN2. The molecule has 2 N–H and O–H groups in total. The number of halogens is 2. The SMILES string of the molecule is NC(=Nc1ccc(Br)c(I)c1)C1CC1. The topological polar surface area (TPSA) is 38.4 Å². The lowest BCUT2D eigenvalue weighted by Crippen LogP contribution is -2.12. The maximum Gasteiger partial charge on any atom is 0.103 e. The van der Waals surface area contributed by atoms with Gasteiger partial charge in [-0.3, -0.25) is 0 Å². The summed E-state index contributed by atoms with van der Waals surface area (Å²) in [5.74, 6) is 1.32. The van der Waals surface area contributed by atoms with Crippen molar-refractivity contribution in [1.29, 1.82) is 0 Å². The lowest BCUT2D eigenvalue weighted by molar-refractivity contribution is 1.15. The second-order valence-electron chi connectivity index (χ2n) is 3.41. The molecular weight excluding hydrogens is 355 g/mol. The third-order valence-electron chi connectivity index (χ3n) is 2.16. The Kier molecular flexibility index (Phi) is 3.11. The van der Waals surface area contributed by atoms with E-state index in [0.717, 1.165) is 19.6 Å². The molecule has 2 nitrogen and oxygen atoms in total. The molecule has 0 heterocycles. The number of nitrogens with zero attached hydrogens (tertiary/aromatic N) is 1. The molecule has 0 radical (unpaired) electrons. The van der Waals surface area contributed by atoms with Gasteiger partial charge < -0.3 is 5.73 Å². The van der Waals surface area contributed by atoms with Gasteiger partial charge in [-0.1, -0.05) is 0 Å². The molecule has 4 heteroatoms. The van der Waals surface area contributed by atoms with E-state index in [1.807, 2.05) is 18.2 Å². The minimum Gasteiger partial charge on any atom is -0.387 e. The van der Waals surface area contributed by atoms with E-state index in [4.69, 9.17) is 5.73 Å². The third-order valence-corrected chi connectivity index (χ3v) is 4.48. The van der Waals surface area contributed by atoms with Crippen molar-refractivity contribution in [1.82, 2.24) is 0 Å². The lowest BCUT2D eigenvalue weighted by Gasteiger charge is -2.00. The normalized spacial score (nSPS) is 17.1. The van der Waals surface area contributed by atoms with Crippen LogP contribution in [0.4, 0.5) is 5.69 Å². The number of benzene rings is 1. The summed E-state index contributed by atoms with van der Waals surface area (Å²) in [4.78, 5) is 4.39. The summed E-state index contributed by atoms with van der Waals surface area (Å²) >= 11 is 5.72. The fourth-order valence-corrected chi connectivity index (χ4v) is 1.92. The molecule has 0 aromatic heterocycles. The summed E-state index contributed by atoms with van der Waals surface area (Å²) < 4.78 is 2.26. The molecule has 1 aliphatic rings. The van der Waals surface area contributed by atoms with Crippen LogP contribution in [-0.2, 0) is 0 Å². The van der Waals surface area contributed by atoms with Gasteiger partial charge in [-0.25, -0.2) is 4.99 Å². The molecule has 1 fully saturated rings. The van der Waals surface area contributed by atoms with E-state index in [1.165, 1.54) is 12.8 Å². The number of nitrogens with two attached hydrogens (primary N) is 1. The maximum atomic E-state index is 5.83. The number of aliphatic imine (C=N–C) groups is 1. The molecule has 0 atom stereocenters. The summed E-state index contributed by atoms with van der Waals surface area (Å²) in [5.41, 5.74) is 6.78. The van der Waals surface area contributed by atoms with Gasteiger partial charge in [0.25, 0.3) is 0 Å². The molecule has 2 rings (SSSR count). The Balaban J connectivity index is 2.24. The van der Waals surface area contributed by atoms with Gasteiger partial charge in [0.15, 0.2) is 0 Å². The van der Waals surface area contributed by atoms with Crippen LogP contribution in [0.25, 0.3) is 0 Å². The molecule has 0 spiro atoms. The smallest absolute Gasteiger partial charge is 0.103 e. The number of hydrogen-bond acceptors (Lipinski definition) is 1.